The zero-order chi connectivity index (χ0) is 14.1. The van der Waals surface area contributed by atoms with Crippen LogP contribution in [-0.2, 0) is 6.42 Å². The van der Waals surface area contributed by atoms with Crippen LogP contribution in [0.25, 0.3) is 0 Å². The van der Waals surface area contributed by atoms with Gasteiger partial charge in [0.25, 0.3) is 0 Å². The Morgan fingerprint density at radius 2 is 2.20 bits per heavy atom. The number of likely N-dealkylation sites (N-methyl/N-ethyl adjacent to an activating group) is 1. The van der Waals surface area contributed by atoms with Crippen molar-refractivity contribution in [2.24, 2.45) is 0 Å². The van der Waals surface area contributed by atoms with E-state index in [1.807, 2.05) is 25.4 Å². The Hall–Kier alpha value is -1.38. The molecule has 20 heavy (non-hydrogen) atoms. The number of nitrogens with zero attached hydrogens (tertiary/aromatic N) is 1. The maximum absolute atomic E-state index is 6.14. The molecule has 2 atom stereocenters. The summed E-state index contributed by atoms with van der Waals surface area (Å²) < 4.78 is 0. The van der Waals surface area contributed by atoms with E-state index in [1.54, 1.807) is 0 Å². The van der Waals surface area contributed by atoms with E-state index in [2.05, 4.69) is 35.4 Å². The Balaban J connectivity index is 1.97. The number of hydrogen-bond donors (Lipinski definition) is 1. The Morgan fingerprint density at radius 1 is 1.35 bits per heavy atom. The minimum atomic E-state index is 0.294. The first-order valence-corrected chi connectivity index (χ1v) is 7.45. The molecule has 3 rings (SSSR count). The van der Waals surface area contributed by atoms with Crippen molar-refractivity contribution in [1.82, 2.24) is 10.3 Å². The molecule has 1 aromatic heterocycles. The molecular formula is C17H19ClN2. The molecule has 0 saturated heterocycles. The van der Waals surface area contributed by atoms with E-state index in [-0.39, 0.29) is 0 Å². The fourth-order valence-corrected chi connectivity index (χ4v) is 3.35. The van der Waals surface area contributed by atoms with Crippen LogP contribution in [-0.4, -0.2) is 12.0 Å². The zero-order valence-corrected chi connectivity index (χ0v) is 12.6. The average Bonchev–Trinajstić information content (AvgIpc) is 2.88. The molecule has 1 aromatic carbocycles. The van der Waals surface area contributed by atoms with Crippen molar-refractivity contribution < 1.29 is 0 Å². The van der Waals surface area contributed by atoms with E-state index in [9.17, 15) is 0 Å². The monoisotopic (exact) mass is 286 g/mol. The summed E-state index contributed by atoms with van der Waals surface area (Å²) in [5, 5.41) is 4.29. The number of hydrogen-bond acceptors (Lipinski definition) is 2. The van der Waals surface area contributed by atoms with Gasteiger partial charge in [0.15, 0.2) is 0 Å². The van der Waals surface area contributed by atoms with Crippen molar-refractivity contribution in [2.75, 3.05) is 7.05 Å². The molecule has 2 aromatic rings. The lowest BCUT2D eigenvalue weighted by Gasteiger charge is -2.24. The first-order chi connectivity index (χ1) is 9.70. The highest BCUT2D eigenvalue weighted by Crippen LogP contribution is 2.40. The van der Waals surface area contributed by atoms with Crippen molar-refractivity contribution >= 4 is 11.6 Å². The molecule has 2 unspecified atom stereocenters. The Morgan fingerprint density at radius 3 is 2.95 bits per heavy atom. The van der Waals surface area contributed by atoms with Crippen molar-refractivity contribution in [3.05, 3.63) is 63.9 Å². The van der Waals surface area contributed by atoms with Crippen LogP contribution in [0.4, 0.5) is 0 Å². The number of aromatic nitrogens is 1. The number of pyridine rings is 1. The lowest BCUT2D eigenvalue weighted by atomic mass is 9.90. The summed E-state index contributed by atoms with van der Waals surface area (Å²) in [6, 6.07) is 10.8. The van der Waals surface area contributed by atoms with Gasteiger partial charge in [0, 0.05) is 28.9 Å². The van der Waals surface area contributed by atoms with Gasteiger partial charge in [0.05, 0.1) is 0 Å². The highest BCUT2D eigenvalue weighted by molar-refractivity contribution is 6.31. The molecule has 2 nitrogen and oxygen atoms in total. The summed E-state index contributed by atoms with van der Waals surface area (Å²) >= 11 is 6.14. The van der Waals surface area contributed by atoms with Crippen LogP contribution >= 0.6 is 11.6 Å². The van der Waals surface area contributed by atoms with Crippen molar-refractivity contribution in [1.29, 1.82) is 0 Å². The molecule has 1 aliphatic rings. The molecule has 0 saturated carbocycles. The van der Waals surface area contributed by atoms with Crippen molar-refractivity contribution in [2.45, 2.75) is 31.7 Å². The SMILES string of the molecule is CNC(c1ccc(Cl)c(C)c1)C1CCc2cccnc21. The molecule has 1 aliphatic carbocycles. The van der Waals surface area contributed by atoms with Gasteiger partial charge in [-0.1, -0.05) is 29.8 Å². The van der Waals surface area contributed by atoms with Crippen LogP contribution in [0.15, 0.2) is 36.5 Å². The van der Waals surface area contributed by atoms with Gasteiger partial charge in [-0.15, -0.1) is 0 Å². The molecule has 104 valence electrons. The van der Waals surface area contributed by atoms with E-state index in [4.69, 9.17) is 11.6 Å². The molecular weight excluding hydrogens is 268 g/mol. The van der Waals surface area contributed by atoms with E-state index < -0.39 is 0 Å². The third kappa shape index (κ3) is 2.34. The Bertz CT molecular complexity index is 624. The van der Waals surface area contributed by atoms with E-state index >= 15 is 0 Å². The zero-order valence-electron chi connectivity index (χ0n) is 11.9. The third-order valence-electron chi connectivity index (χ3n) is 4.26. The van der Waals surface area contributed by atoms with Gasteiger partial charge in [-0.05, 0) is 55.6 Å². The highest BCUT2D eigenvalue weighted by Gasteiger charge is 2.31. The van der Waals surface area contributed by atoms with Crippen molar-refractivity contribution in [3.8, 4) is 0 Å². The first kappa shape index (κ1) is 13.6. The third-order valence-corrected chi connectivity index (χ3v) is 4.68. The summed E-state index contributed by atoms with van der Waals surface area (Å²) in [6.07, 6.45) is 4.18. The van der Waals surface area contributed by atoms with Gasteiger partial charge in [-0.25, -0.2) is 0 Å². The topological polar surface area (TPSA) is 24.9 Å². The quantitative estimate of drug-likeness (QED) is 0.921. The lowest BCUT2D eigenvalue weighted by molar-refractivity contribution is 0.470. The van der Waals surface area contributed by atoms with Crippen LogP contribution in [0.2, 0.25) is 5.02 Å². The van der Waals surface area contributed by atoms with Crippen LogP contribution in [0.3, 0.4) is 0 Å². The van der Waals surface area contributed by atoms with Gasteiger partial charge < -0.3 is 5.32 Å². The van der Waals surface area contributed by atoms with Crippen LogP contribution < -0.4 is 5.32 Å². The van der Waals surface area contributed by atoms with Gasteiger partial charge in [-0.3, -0.25) is 4.98 Å². The summed E-state index contributed by atoms with van der Waals surface area (Å²) in [7, 11) is 2.02. The maximum atomic E-state index is 6.14. The summed E-state index contributed by atoms with van der Waals surface area (Å²) in [5.41, 5.74) is 5.06. The molecule has 3 heteroatoms. The smallest absolute Gasteiger partial charge is 0.0485 e. The average molecular weight is 287 g/mol. The number of nitrogens with one attached hydrogen (secondary N) is 1. The summed E-state index contributed by atoms with van der Waals surface area (Å²) in [6.45, 7) is 2.05. The predicted molar refractivity (Wildman–Crippen MR) is 83.3 cm³/mol. The van der Waals surface area contributed by atoms with Crippen molar-refractivity contribution in [3.63, 3.8) is 0 Å². The van der Waals surface area contributed by atoms with Gasteiger partial charge in [0.1, 0.15) is 0 Å². The summed E-state index contributed by atoms with van der Waals surface area (Å²) in [5.74, 6) is 0.441. The largest absolute Gasteiger partial charge is 0.312 e. The van der Waals surface area contributed by atoms with E-state index in [1.165, 1.54) is 16.8 Å². The van der Waals surface area contributed by atoms with Crippen LogP contribution in [0.5, 0.6) is 0 Å². The van der Waals surface area contributed by atoms with E-state index in [0.29, 0.717) is 12.0 Å². The van der Waals surface area contributed by atoms with E-state index in [0.717, 1.165) is 23.4 Å². The minimum absolute atomic E-state index is 0.294. The number of fused-ring (bicyclic) bond motifs is 1. The van der Waals surface area contributed by atoms with Gasteiger partial charge in [0.2, 0.25) is 0 Å². The van der Waals surface area contributed by atoms with Crippen LogP contribution in [0, 0.1) is 6.92 Å². The fourth-order valence-electron chi connectivity index (χ4n) is 3.23. The number of rotatable bonds is 3. The number of benzene rings is 1. The minimum Gasteiger partial charge on any atom is -0.312 e. The second kappa shape index (κ2) is 5.55. The Labute approximate surface area is 125 Å². The van der Waals surface area contributed by atoms with Gasteiger partial charge in [-0.2, -0.15) is 0 Å². The van der Waals surface area contributed by atoms with Gasteiger partial charge >= 0.3 is 0 Å². The summed E-state index contributed by atoms with van der Waals surface area (Å²) in [4.78, 5) is 4.61. The standard InChI is InChI=1S/C17H19ClN2/c1-11-10-13(6-8-15(11)18)16(19-2)14-7-5-12-4-3-9-20-17(12)14/h3-4,6,8-10,14,16,19H,5,7H2,1-2H3. The highest BCUT2D eigenvalue weighted by atomic mass is 35.5. The first-order valence-electron chi connectivity index (χ1n) is 7.08. The molecule has 0 aliphatic heterocycles. The molecule has 0 radical (unpaired) electrons. The Kier molecular flexibility index (Phi) is 3.77. The fraction of sp³-hybridized carbons (Fsp3) is 0.353. The second-order valence-electron chi connectivity index (χ2n) is 5.47. The molecule has 1 heterocycles. The normalized spacial score (nSPS) is 18.9. The number of halogens is 1. The van der Waals surface area contributed by atoms with Crippen LogP contribution in [0.1, 0.15) is 40.8 Å². The molecule has 0 bridgehead atoms. The molecule has 0 spiro atoms. The predicted octanol–water partition coefficient (Wildman–Crippen LogP) is 4.03. The second-order valence-corrected chi connectivity index (χ2v) is 5.88. The maximum Gasteiger partial charge on any atom is 0.0485 e. The molecule has 1 N–H and O–H groups in total. The molecule has 0 amide bonds. The number of aryl methyl sites for hydroxylation is 2. The lowest BCUT2D eigenvalue weighted by Crippen LogP contribution is -2.23. The molecule has 0 fully saturated rings.